The van der Waals surface area contributed by atoms with Crippen molar-refractivity contribution in [2.75, 3.05) is 31.0 Å². The van der Waals surface area contributed by atoms with Crippen molar-refractivity contribution in [3.63, 3.8) is 0 Å². The molecule has 1 fully saturated rings. The second-order valence-corrected chi connectivity index (χ2v) is 6.99. The average molecular weight is 382 g/mol. The Morgan fingerprint density at radius 3 is 2.43 bits per heavy atom. The van der Waals surface area contributed by atoms with Gasteiger partial charge in [0.15, 0.2) is 0 Å². The third-order valence-corrected chi connectivity index (χ3v) is 5.13. The molecule has 0 atom stereocenters. The maximum absolute atomic E-state index is 13.3. The number of nitrogens with one attached hydrogen (secondary N) is 1. The van der Waals surface area contributed by atoms with E-state index in [0.717, 1.165) is 11.3 Å². The summed E-state index contributed by atoms with van der Waals surface area (Å²) in [4.78, 5) is 28.0. The van der Waals surface area contributed by atoms with Crippen molar-refractivity contribution >= 4 is 23.2 Å². The number of aryl methyl sites for hydroxylation is 1. The normalized spacial score (nSPS) is 14.1. The summed E-state index contributed by atoms with van der Waals surface area (Å²) >= 11 is 0. The van der Waals surface area contributed by atoms with Gasteiger partial charge >= 0.3 is 0 Å². The number of nitrogens with zero attached hydrogens (tertiary/aromatic N) is 1. The van der Waals surface area contributed by atoms with Crippen LogP contribution in [-0.2, 0) is 9.59 Å². The van der Waals surface area contributed by atoms with E-state index in [1.165, 1.54) is 7.11 Å². The number of benzene rings is 2. The monoisotopic (exact) mass is 382 g/mol. The minimum absolute atomic E-state index is 0.162. The molecule has 0 unspecified atom stereocenters. The van der Waals surface area contributed by atoms with E-state index in [9.17, 15) is 9.59 Å². The number of amides is 2. The van der Waals surface area contributed by atoms with Gasteiger partial charge in [0.2, 0.25) is 11.8 Å². The molecule has 0 aromatic heterocycles. The van der Waals surface area contributed by atoms with Gasteiger partial charge < -0.3 is 19.7 Å². The van der Waals surface area contributed by atoms with Gasteiger partial charge in [-0.3, -0.25) is 9.59 Å². The van der Waals surface area contributed by atoms with E-state index in [1.807, 2.05) is 38.1 Å². The molecule has 0 bridgehead atoms. The largest absolute Gasteiger partial charge is 0.497 e. The van der Waals surface area contributed by atoms with E-state index >= 15 is 0 Å². The predicted molar refractivity (Wildman–Crippen MR) is 109 cm³/mol. The van der Waals surface area contributed by atoms with Gasteiger partial charge in [0.25, 0.3) is 0 Å². The predicted octanol–water partition coefficient (Wildman–Crippen LogP) is 3.78. The summed E-state index contributed by atoms with van der Waals surface area (Å²) in [7, 11) is 3.09. The molecule has 28 heavy (non-hydrogen) atoms. The van der Waals surface area contributed by atoms with Crippen LogP contribution in [0.3, 0.4) is 0 Å². The van der Waals surface area contributed by atoms with Gasteiger partial charge in [0.05, 0.1) is 19.9 Å². The number of ether oxygens (including phenoxy) is 2. The quantitative estimate of drug-likeness (QED) is 0.740. The highest BCUT2D eigenvalue weighted by atomic mass is 16.5. The lowest BCUT2D eigenvalue weighted by Gasteiger charge is -2.26. The molecule has 1 saturated carbocycles. The molecule has 2 aromatic rings. The molecule has 1 N–H and O–H groups in total. The van der Waals surface area contributed by atoms with Gasteiger partial charge in [0, 0.05) is 18.3 Å². The SMILES string of the molecule is CCN(C(=O)C1(C(=O)Nc2ccc(OC)cc2OC)CC1)c1cccc(C)c1. The minimum Gasteiger partial charge on any atom is -0.497 e. The lowest BCUT2D eigenvalue weighted by Crippen LogP contribution is -2.43. The van der Waals surface area contributed by atoms with Crippen molar-refractivity contribution in [1.82, 2.24) is 0 Å². The van der Waals surface area contributed by atoms with Crippen LogP contribution in [0.15, 0.2) is 42.5 Å². The second-order valence-electron chi connectivity index (χ2n) is 6.99. The third kappa shape index (κ3) is 3.67. The molecule has 1 aliphatic carbocycles. The molecule has 0 saturated heterocycles. The summed E-state index contributed by atoms with van der Waals surface area (Å²) in [5.74, 6) is 0.656. The lowest BCUT2D eigenvalue weighted by atomic mass is 10.0. The van der Waals surface area contributed by atoms with Crippen molar-refractivity contribution in [3.8, 4) is 11.5 Å². The number of hydrogen-bond donors (Lipinski definition) is 1. The van der Waals surface area contributed by atoms with E-state index in [2.05, 4.69) is 5.32 Å². The first-order valence-electron chi connectivity index (χ1n) is 9.37. The van der Waals surface area contributed by atoms with Crippen LogP contribution in [0.2, 0.25) is 0 Å². The van der Waals surface area contributed by atoms with Crippen molar-refractivity contribution in [2.24, 2.45) is 5.41 Å². The third-order valence-electron chi connectivity index (χ3n) is 5.13. The van der Waals surface area contributed by atoms with Crippen LogP contribution in [0.1, 0.15) is 25.3 Å². The molecule has 2 aromatic carbocycles. The van der Waals surface area contributed by atoms with Crippen LogP contribution in [0, 0.1) is 12.3 Å². The number of carbonyl (C=O) groups is 2. The highest BCUT2D eigenvalue weighted by Gasteiger charge is 2.58. The number of methoxy groups -OCH3 is 2. The van der Waals surface area contributed by atoms with Gasteiger partial charge in [-0.05, 0) is 56.5 Å². The second kappa shape index (κ2) is 7.92. The lowest BCUT2D eigenvalue weighted by molar-refractivity contribution is -0.132. The zero-order valence-electron chi connectivity index (χ0n) is 16.7. The molecule has 1 aliphatic rings. The molecule has 0 spiro atoms. The smallest absolute Gasteiger partial charge is 0.242 e. The van der Waals surface area contributed by atoms with E-state index in [4.69, 9.17) is 9.47 Å². The molecule has 148 valence electrons. The van der Waals surface area contributed by atoms with E-state index in [0.29, 0.717) is 36.6 Å². The maximum atomic E-state index is 13.3. The van der Waals surface area contributed by atoms with Gasteiger partial charge in [-0.15, -0.1) is 0 Å². The minimum atomic E-state index is -1.02. The number of carbonyl (C=O) groups excluding carboxylic acids is 2. The molecule has 0 heterocycles. The Bertz CT molecular complexity index is 890. The van der Waals surface area contributed by atoms with E-state index in [-0.39, 0.29) is 11.8 Å². The van der Waals surface area contributed by atoms with Crippen LogP contribution in [0.4, 0.5) is 11.4 Å². The molecule has 2 amide bonds. The molecule has 0 aliphatic heterocycles. The van der Waals surface area contributed by atoms with Crippen LogP contribution >= 0.6 is 0 Å². The van der Waals surface area contributed by atoms with E-state index in [1.54, 1.807) is 30.2 Å². The summed E-state index contributed by atoms with van der Waals surface area (Å²) in [6.45, 7) is 4.40. The summed E-state index contributed by atoms with van der Waals surface area (Å²) in [6, 6.07) is 12.9. The standard InChI is InChI=1S/C22H26N2O4/c1-5-24(16-8-6-7-15(2)13-16)21(26)22(11-12-22)20(25)23-18-10-9-17(27-3)14-19(18)28-4/h6-10,13-14H,5,11-12H2,1-4H3,(H,23,25). The fraction of sp³-hybridized carbons (Fsp3) is 0.364. The highest BCUT2D eigenvalue weighted by Crippen LogP contribution is 2.49. The van der Waals surface area contributed by atoms with Crippen LogP contribution in [0.25, 0.3) is 0 Å². The Balaban J connectivity index is 1.82. The van der Waals surface area contributed by atoms with Crippen LogP contribution in [0.5, 0.6) is 11.5 Å². The van der Waals surface area contributed by atoms with Crippen molar-refractivity contribution < 1.29 is 19.1 Å². The summed E-state index contributed by atoms with van der Waals surface area (Å²) < 4.78 is 10.5. The molecular formula is C22H26N2O4. The molecule has 0 radical (unpaired) electrons. The summed E-state index contributed by atoms with van der Waals surface area (Å²) in [5.41, 5.74) is 1.38. The fourth-order valence-corrected chi connectivity index (χ4v) is 3.30. The van der Waals surface area contributed by atoms with E-state index < -0.39 is 5.41 Å². The summed E-state index contributed by atoms with van der Waals surface area (Å²) in [5, 5.41) is 2.87. The Labute approximate surface area is 165 Å². The van der Waals surface area contributed by atoms with Gasteiger partial charge in [-0.25, -0.2) is 0 Å². The van der Waals surface area contributed by atoms with Gasteiger partial charge in [0.1, 0.15) is 16.9 Å². The van der Waals surface area contributed by atoms with Crippen LogP contribution < -0.4 is 19.7 Å². The fourth-order valence-electron chi connectivity index (χ4n) is 3.30. The highest BCUT2D eigenvalue weighted by molar-refractivity contribution is 6.18. The van der Waals surface area contributed by atoms with Crippen molar-refractivity contribution in [1.29, 1.82) is 0 Å². The maximum Gasteiger partial charge on any atom is 0.242 e. The zero-order valence-corrected chi connectivity index (χ0v) is 16.7. The Hall–Kier alpha value is -3.02. The first-order valence-corrected chi connectivity index (χ1v) is 9.37. The van der Waals surface area contributed by atoms with Crippen molar-refractivity contribution in [3.05, 3.63) is 48.0 Å². The topological polar surface area (TPSA) is 67.9 Å². The first kappa shape index (κ1) is 19.7. The Morgan fingerprint density at radius 2 is 1.86 bits per heavy atom. The summed E-state index contributed by atoms with van der Waals surface area (Å²) in [6.07, 6.45) is 1.08. The Kier molecular flexibility index (Phi) is 5.58. The molecule has 6 heteroatoms. The number of anilines is 2. The Morgan fingerprint density at radius 1 is 1.11 bits per heavy atom. The zero-order chi connectivity index (χ0) is 20.3. The van der Waals surface area contributed by atoms with Crippen LogP contribution in [-0.4, -0.2) is 32.6 Å². The van der Waals surface area contributed by atoms with Crippen molar-refractivity contribution in [2.45, 2.75) is 26.7 Å². The number of hydrogen-bond acceptors (Lipinski definition) is 4. The van der Waals surface area contributed by atoms with Gasteiger partial charge in [-0.1, -0.05) is 12.1 Å². The molecule has 6 nitrogen and oxygen atoms in total. The average Bonchev–Trinajstić information content (AvgIpc) is 3.51. The number of rotatable bonds is 7. The molecular weight excluding hydrogens is 356 g/mol. The first-order chi connectivity index (χ1) is 13.4. The van der Waals surface area contributed by atoms with Gasteiger partial charge in [-0.2, -0.15) is 0 Å². The molecule has 3 rings (SSSR count).